The molecule has 5 rings (SSSR count). The van der Waals surface area contributed by atoms with E-state index in [1.54, 1.807) is 36.4 Å². The van der Waals surface area contributed by atoms with Crippen LogP contribution in [0.3, 0.4) is 0 Å². The predicted molar refractivity (Wildman–Crippen MR) is 206 cm³/mol. The minimum absolute atomic E-state index is 0.00191. The topological polar surface area (TPSA) is 163 Å². The predicted octanol–water partition coefficient (Wildman–Crippen LogP) is 6.00. The van der Waals surface area contributed by atoms with Gasteiger partial charge in [0.05, 0.1) is 18.3 Å². The number of nitrogens with zero attached hydrogens (tertiary/aromatic N) is 2. The number of hydrogen-bond donors (Lipinski definition) is 3. The molecule has 4 atom stereocenters. The molecule has 0 radical (unpaired) electrons. The monoisotopic (exact) mass is 761 g/mol. The van der Waals surface area contributed by atoms with E-state index in [9.17, 15) is 28.8 Å². The molecule has 54 heavy (non-hydrogen) atoms. The van der Waals surface area contributed by atoms with Crippen LogP contribution in [0.2, 0.25) is 5.02 Å². The molecular weight excluding hydrogens is 710 g/mol. The fraction of sp³-hybridized carbons (Fsp3) is 0.537. The number of Topliss-reactive ketones (excluding diaryl/α,β-unsaturated/α-hetero) is 2. The molecule has 2 aromatic carbocycles. The van der Waals surface area contributed by atoms with Crippen molar-refractivity contribution in [3.8, 4) is 0 Å². The summed E-state index contributed by atoms with van der Waals surface area (Å²) in [5.74, 6) is -3.02. The van der Waals surface area contributed by atoms with Crippen LogP contribution in [0.5, 0.6) is 0 Å². The summed E-state index contributed by atoms with van der Waals surface area (Å²) in [4.78, 5) is 88.5. The van der Waals surface area contributed by atoms with E-state index in [1.807, 2.05) is 33.8 Å². The SMILES string of the molecule is CCC[C@H](NC(=O)[C@@H]1C[C@]2(CC(c3cccc(Cl)c3)=NO2)CN1C(=O)[C@@H](NC(=O)CC1CCCCC1)C(C)(C)C)C(=O)C(=O)Nc1cccc(C(C)=O)c1. The minimum Gasteiger partial charge on any atom is -0.387 e. The van der Waals surface area contributed by atoms with Crippen LogP contribution in [-0.4, -0.2) is 76.1 Å². The number of benzene rings is 2. The Kier molecular flexibility index (Phi) is 13.0. The standard InChI is InChI=1S/C41H52ClN5O7/c1-6-12-31(35(50)38(52)43-30-18-11-15-27(21-30)25(2)48)44-37(51)33-23-41(22-32(46-54-41)28-16-10-17-29(42)20-28)24-47(33)39(53)36(40(3,4)5)45-34(49)19-26-13-8-7-9-14-26/h10-11,15-18,20-21,26,31,33,36H,6-9,12-14,19,22-24H2,1-5H3,(H,43,52)(H,44,51)(H,45,49)/t31-,33-,36+,41+/m0/s1. The van der Waals surface area contributed by atoms with E-state index < -0.39 is 52.6 Å². The number of anilines is 1. The zero-order valence-corrected chi connectivity index (χ0v) is 32.6. The first-order valence-corrected chi connectivity index (χ1v) is 19.3. The van der Waals surface area contributed by atoms with Gasteiger partial charge in [0.15, 0.2) is 11.4 Å². The van der Waals surface area contributed by atoms with Gasteiger partial charge in [-0.2, -0.15) is 0 Å². The fourth-order valence-corrected chi connectivity index (χ4v) is 7.82. The van der Waals surface area contributed by atoms with Crippen molar-refractivity contribution in [2.75, 3.05) is 11.9 Å². The second-order valence-corrected chi connectivity index (χ2v) is 16.5. The van der Waals surface area contributed by atoms with Crippen LogP contribution < -0.4 is 16.0 Å². The highest BCUT2D eigenvalue weighted by Crippen LogP contribution is 2.40. The maximum atomic E-state index is 14.7. The van der Waals surface area contributed by atoms with Gasteiger partial charge in [-0.1, -0.05) is 94.4 Å². The number of oxime groups is 1. The molecule has 0 aromatic heterocycles. The number of rotatable bonds is 13. The van der Waals surface area contributed by atoms with Crippen molar-refractivity contribution in [1.82, 2.24) is 15.5 Å². The lowest BCUT2D eigenvalue weighted by Crippen LogP contribution is -2.59. The zero-order valence-electron chi connectivity index (χ0n) is 31.8. The molecule has 12 nitrogen and oxygen atoms in total. The van der Waals surface area contributed by atoms with Crippen molar-refractivity contribution in [2.24, 2.45) is 16.5 Å². The van der Waals surface area contributed by atoms with Crippen LogP contribution >= 0.6 is 11.6 Å². The van der Waals surface area contributed by atoms with Gasteiger partial charge in [-0.15, -0.1) is 0 Å². The summed E-state index contributed by atoms with van der Waals surface area (Å²) in [7, 11) is 0. The molecule has 4 amide bonds. The number of amides is 4. The molecule has 2 aromatic rings. The van der Waals surface area contributed by atoms with Gasteiger partial charge in [-0.05, 0) is 61.8 Å². The van der Waals surface area contributed by atoms with Gasteiger partial charge in [-0.3, -0.25) is 28.8 Å². The Hall–Kier alpha value is -4.58. The molecule has 1 saturated carbocycles. The molecule has 13 heteroatoms. The first kappa shape index (κ1) is 40.6. The number of carbonyl (C=O) groups excluding carboxylic acids is 6. The first-order chi connectivity index (χ1) is 25.6. The van der Waals surface area contributed by atoms with E-state index in [2.05, 4.69) is 21.1 Å². The third-order valence-electron chi connectivity index (χ3n) is 10.6. The van der Waals surface area contributed by atoms with Gasteiger partial charge in [0.1, 0.15) is 12.1 Å². The third kappa shape index (κ3) is 9.93. The maximum absolute atomic E-state index is 14.7. The second-order valence-electron chi connectivity index (χ2n) is 16.1. The van der Waals surface area contributed by atoms with Gasteiger partial charge in [-0.25, -0.2) is 0 Å². The van der Waals surface area contributed by atoms with Gasteiger partial charge >= 0.3 is 0 Å². The van der Waals surface area contributed by atoms with Crippen LogP contribution in [-0.2, 0) is 28.8 Å². The molecule has 2 heterocycles. The Balaban J connectivity index is 1.38. The largest absolute Gasteiger partial charge is 0.387 e. The number of likely N-dealkylation sites (tertiary alicyclic amines) is 1. The summed E-state index contributed by atoms with van der Waals surface area (Å²) < 4.78 is 0. The summed E-state index contributed by atoms with van der Waals surface area (Å²) in [6.07, 6.45) is 6.60. The first-order valence-electron chi connectivity index (χ1n) is 19.0. The molecule has 0 unspecified atom stereocenters. The molecule has 290 valence electrons. The lowest BCUT2D eigenvalue weighted by atomic mass is 9.84. The highest BCUT2D eigenvalue weighted by molar-refractivity contribution is 6.42. The van der Waals surface area contributed by atoms with Crippen LogP contribution in [0.4, 0.5) is 5.69 Å². The van der Waals surface area contributed by atoms with Gasteiger partial charge in [0.25, 0.3) is 5.91 Å². The average molecular weight is 762 g/mol. The van der Waals surface area contributed by atoms with E-state index in [0.717, 1.165) is 37.7 Å². The molecule has 2 aliphatic heterocycles. The Labute approximate surface area is 322 Å². The quantitative estimate of drug-likeness (QED) is 0.167. The normalized spacial score (nSPS) is 21.1. The van der Waals surface area contributed by atoms with Crippen LogP contribution in [0.25, 0.3) is 0 Å². The van der Waals surface area contributed by atoms with E-state index in [4.69, 9.17) is 16.4 Å². The second kappa shape index (κ2) is 17.3. The summed E-state index contributed by atoms with van der Waals surface area (Å²) >= 11 is 6.27. The Morgan fingerprint density at radius 1 is 1.00 bits per heavy atom. The van der Waals surface area contributed by atoms with Crippen molar-refractivity contribution < 1.29 is 33.6 Å². The van der Waals surface area contributed by atoms with E-state index >= 15 is 0 Å². The van der Waals surface area contributed by atoms with Crippen molar-refractivity contribution in [1.29, 1.82) is 0 Å². The van der Waals surface area contributed by atoms with Gasteiger partial charge < -0.3 is 25.7 Å². The number of halogens is 1. The number of ketones is 2. The summed E-state index contributed by atoms with van der Waals surface area (Å²) in [6.45, 7) is 8.82. The smallest absolute Gasteiger partial charge is 0.293 e. The van der Waals surface area contributed by atoms with Crippen molar-refractivity contribution in [3.63, 3.8) is 0 Å². The van der Waals surface area contributed by atoms with Crippen molar-refractivity contribution in [2.45, 2.75) is 123 Å². The summed E-state index contributed by atoms with van der Waals surface area (Å²) in [5, 5.41) is 13.2. The lowest BCUT2D eigenvalue weighted by Gasteiger charge is -2.36. The number of nitrogens with one attached hydrogen (secondary N) is 3. The average Bonchev–Trinajstić information content (AvgIpc) is 3.73. The van der Waals surface area contributed by atoms with Crippen LogP contribution in [0, 0.1) is 11.3 Å². The zero-order chi connectivity index (χ0) is 39.2. The summed E-state index contributed by atoms with van der Waals surface area (Å²) in [6, 6.07) is 10.2. The van der Waals surface area contributed by atoms with E-state index in [-0.39, 0.29) is 49.1 Å². The van der Waals surface area contributed by atoms with Crippen LogP contribution in [0.15, 0.2) is 53.7 Å². The molecule has 2 fully saturated rings. The Morgan fingerprint density at radius 3 is 2.39 bits per heavy atom. The maximum Gasteiger partial charge on any atom is 0.293 e. The number of carbonyl (C=O) groups is 6. The molecule has 1 spiro atoms. The highest BCUT2D eigenvalue weighted by atomic mass is 35.5. The van der Waals surface area contributed by atoms with Crippen molar-refractivity contribution in [3.05, 3.63) is 64.7 Å². The van der Waals surface area contributed by atoms with E-state index in [1.165, 1.54) is 17.9 Å². The van der Waals surface area contributed by atoms with Crippen molar-refractivity contribution >= 4 is 58.2 Å². The molecule has 0 bridgehead atoms. The van der Waals surface area contributed by atoms with E-state index in [0.29, 0.717) is 29.1 Å². The Morgan fingerprint density at radius 2 is 1.72 bits per heavy atom. The lowest BCUT2D eigenvalue weighted by molar-refractivity contribution is -0.145. The van der Waals surface area contributed by atoms with Crippen LogP contribution in [0.1, 0.15) is 115 Å². The van der Waals surface area contributed by atoms with Gasteiger partial charge in [0, 0.05) is 41.1 Å². The molecule has 1 aliphatic carbocycles. The highest BCUT2D eigenvalue weighted by Gasteiger charge is 2.55. The van der Waals surface area contributed by atoms with Gasteiger partial charge in [0.2, 0.25) is 23.5 Å². The molecular formula is C41H52ClN5O7. The molecule has 3 aliphatic rings. The third-order valence-corrected chi connectivity index (χ3v) is 10.8. The fourth-order valence-electron chi connectivity index (χ4n) is 7.63. The summed E-state index contributed by atoms with van der Waals surface area (Å²) in [5.41, 5.74) is 0.226. The molecule has 3 N–H and O–H groups in total. The Bertz CT molecular complexity index is 1800. The number of hydrogen-bond acceptors (Lipinski definition) is 8. The minimum atomic E-state index is -1.19. The molecule has 1 saturated heterocycles.